The zero-order valence-corrected chi connectivity index (χ0v) is 21.4. The molecule has 0 radical (unpaired) electrons. The van der Waals surface area contributed by atoms with Crippen LogP contribution in [0.15, 0.2) is 89.3 Å². The van der Waals surface area contributed by atoms with Crippen LogP contribution in [0.1, 0.15) is 22.6 Å². The van der Waals surface area contributed by atoms with Crippen molar-refractivity contribution in [3.05, 3.63) is 113 Å². The second-order valence-electron chi connectivity index (χ2n) is 9.25. The van der Waals surface area contributed by atoms with Crippen molar-refractivity contribution in [3.8, 4) is 16.9 Å². The van der Waals surface area contributed by atoms with Crippen molar-refractivity contribution in [2.24, 2.45) is 0 Å². The number of rotatable bonds is 5. The van der Waals surface area contributed by atoms with Gasteiger partial charge in [0, 0.05) is 23.9 Å². The Morgan fingerprint density at radius 2 is 1.28 bits per heavy atom. The van der Waals surface area contributed by atoms with Gasteiger partial charge in [-0.15, -0.1) is 0 Å². The first kappa shape index (κ1) is 23.4. The molecule has 0 fully saturated rings. The van der Waals surface area contributed by atoms with Crippen LogP contribution in [0.25, 0.3) is 21.9 Å². The molecule has 0 spiro atoms. The number of methoxy groups -OCH3 is 1. The molecule has 0 aliphatic carbocycles. The highest BCUT2D eigenvalue weighted by Gasteiger charge is 2.17. The van der Waals surface area contributed by atoms with Gasteiger partial charge in [-0.2, -0.15) is 0 Å². The van der Waals surface area contributed by atoms with Crippen molar-refractivity contribution in [1.29, 1.82) is 0 Å². The van der Waals surface area contributed by atoms with E-state index in [1.54, 1.807) is 7.11 Å². The molecule has 5 aromatic rings. The fourth-order valence-electron chi connectivity index (χ4n) is 4.56. The molecular weight excluding hydrogens is 444 g/mol. The number of hydrogen-bond acceptors (Lipinski definition) is 3. The van der Waals surface area contributed by atoms with Gasteiger partial charge in [-0.25, -0.2) is 4.99 Å². The summed E-state index contributed by atoms with van der Waals surface area (Å²) in [6, 6.07) is 29.5. The van der Waals surface area contributed by atoms with E-state index in [0.717, 1.165) is 61.6 Å². The molecule has 0 aliphatic heterocycles. The van der Waals surface area contributed by atoms with Gasteiger partial charge in [0.2, 0.25) is 11.0 Å². The molecule has 4 nitrogen and oxygen atoms in total. The molecule has 0 bridgehead atoms. The number of ether oxygens (including phenoxy) is 1. The number of furan rings is 1. The Morgan fingerprint density at radius 1 is 0.667 bits per heavy atom. The van der Waals surface area contributed by atoms with Crippen LogP contribution in [0.4, 0.5) is 17.1 Å². The van der Waals surface area contributed by atoms with E-state index in [1.807, 2.05) is 26.0 Å². The van der Waals surface area contributed by atoms with E-state index in [1.165, 1.54) is 11.1 Å². The van der Waals surface area contributed by atoms with Crippen molar-refractivity contribution in [2.75, 3.05) is 12.4 Å². The van der Waals surface area contributed by atoms with E-state index in [9.17, 15) is 0 Å². The summed E-state index contributed by atoms with van der Waals surface area (Å²) in [5.41, 5.74) is 7.67. The minimum atomic E-state index is 0.833. The molecular formula is C32H31N2O2+. The quantitative estimate of drug-likeness (QED) is 0.309. The molecule has 0 unspecified atom stereocenters. The summed E-state index contributed by atoms with van der Waals surface area (Å²) >= 11 is 0. The van der Waals surface area contributed by atoms with E-state index >= 15 is 0 Å². The number of nitrogens with one attached hydrogen (secondary N) is 2. The van der Waals surface area contributed by atoms with Gasteiger partial charge in [0.1, 0.15) is 17.3 Å². The number of benzene rings is 3. The minimum absolute atomic E-state index is 0.833. The summed E-state index contributed by atoms with van der Waals surface area (Å²) in [5, 5.41) is 6.77. The average molecular weight is 476 g/mol. The number of hydrogen-bond donors (Lipinski definition) is 2. The molecule has 36 heavy (non-hydrogen) atoms. The van der Waals surface area contributed by atoms with Crippen LogP contribution in [-0.2, 0) is 0 Å². The Bertz CT molecular complexity index is 1600. The lowest BCUT2D eigenvalue weighted by atomic mass is 10.1. The fraction of sp³-hybridized carbons (Fsp3) is 0.156. The lowest BCUT2D eigenvalue weighted by Gasteiger charge is -2.08. The molecule has 0 aliphatic rings. The van der Waals surface area contributed by atoms with Crippen molar-refractivity contribution >= 4 is 27.8 Å². The Hall–Kier alpha value is -4.31. The fourth-order valence-corrected chi connectivity index (χ4v) is 4.56. The van der Waals surface area contributed by atoms with E-state index in [0.29, 0.717) is 0 Å². The summed E-state index contributed by atoms with van der Waals surface area (Å²) in [7, 11) is 1.69. The van der Waals surface area contributed by atoms with Gasteiger partial charge in [0.25, 0.3) is 0 Å². The third-order valence-electron chi connectivity index (χ3n) is 6.48. The molecule has 180 valence electrons. The smallest absolute Gasteiger partial charge is 0.216 e. The van der Waals surface area contributed by atoms with Gasteiger partial charge in [-0.1, -0.05) is 47.5 Å². The number of anilines is 2. The molecule has 2 N–H and O–H groups in total. The van der Waals surface area contributed by atoms with E-state index in [-0.39, 0.29) is 0 Å². The maximum atomic E-state index is 6.18. The molecule has 1 aromatic heterocycles. The third-order valence-corrected chi connectivity index (χ3v) is 6.48. The average Bonchev–Trinajstić information content (AvgIpc) is 3.08. The van der Waals surface area contributed by atoms with Crippen molar-refractivity contribution in [2.45, 2.75) is 27.7 Å². The van der Waals surface area contributed by atoms with Crippen LogP contribution in [0.2, 0.25) is 0 Å². The van der Waals surface area contributed by atoms with Gasteiger partial charge < -0.3 is 14.5 Å². The zero-order valence-electron chi connectivity index (χ0n) is 21.4. The van der Waals surface area contributed by atoms with Gasteiger partial charge in [-0.3, -0.25) is 0 Å². The Morgan fingerprint density at radius 3 is 1.92 bits per heavy atom. The SMILES string of the molecule is COc1ccc(-c2cc(Nc3ccc(C)cc3)c3c(C)oc(C)c3c(=[NH+]c3ccc(C)cc3)c2)cc1. The predicted molar refractivity (Wildman–Crippen MR) is 147 cm³/mol. The second-order valence-corrected chi connectivity index (χ2v) is 9.25. The zero-order chi connectivity index (χ0) is 25.2. The Labute approximate surface area is 211 Å². The van der Waals surface area contributed by atoms with Crippen LogP contribution >= 0.6 is 0 Å². The summed E-state index contributed by atoms with van der Waals surface area (Å²) in [4.78, 5) is 3.67. The van der Waals surface area contributed by atoms with Gasteiger partial charge >= 0.3 is 0 Å². The molecule has 0 saturated carbocycles. The first-order valence-electron chi connectivity index (χ1n) is 12.1. The maximum absolute atomic E-state index is 6.18. The van der Waals surface area contributed by atoms with Gasteiger partial charge in [-0.05, 0) is 69.2 Å². The van der Waals surface area contributed by atoms with E-state index in [2.05, 4.69) is 97.0 Å². The molecule has 1 heterocycles. The lowest BCUT2D eigenvalue weighted by molar-refractivity contribution is -0.400. The first-order chi connectivity index (χ1) is 17.4. The summed E-state index contributed by atoms with van der Waals surface area (Å²) in [6.07, 6.45) is 0. The Kier molecular flexibility index (Phi) is 6.34. The molecule has 4 heteroatoms. The molecule has 0 saturated heterocycles. The number of fused-ring (bicyclic) bond motifs is 1. The highest BCUT2D eigenvalue weighted by molar-refractivity contribution is 5.99. The van der Waals surface area contributed by atoms with Crippen LogP contribution in [0, 0.1) is 27.7 Å². The van der Waals surface area contributed by atoms with Crippen molar-refractivity contribution in [3.63, 3.8) is 0 Å². The standard InChI is InChI=1S/C32H30N2O2/c1-20-6-12-26(13-7-20)33-29-18-25(24-10-16-28(35-5)17-11-24)19-30(32-23(4)36-22(3)31(29)32)34-27-14-8-21(2)9-15-27/h6-19,33H,1-5H3/p+1. The molecule has 0 atom stereocenters. The van der Waals surface area contributed by atoms with Gasteiger partial charge in [0.05, 0.1) is 23.6 Å². The minimum Gasteiger partial charge on any atom is -0.497 e. The third kappa shape index (κ3) is 4.76. The molecule has 5 rings (SSSR count). The van der Waals surface area contributed by atoms with Gasteiger partial charge in [0.15, 0.2) is 0 Å². The maximum Gasteiger partial charge on any atom is 0.216 e. The monoisotopic (exact) mass is 475 g/mol. The topological polar surface area (TPSA) is 48.4 Å². The highest BCUT2D eigenvalue weighted by atomic mass is 16.5. The lowest BCUT2D eigenvalue weighted by Crippen LogP contribution is -2.70. The molecule has 0 amide bonds. The van der Waals surface area contributed by atoms with E-state index in [4.69, 9.17) is 9.15 Å². The summed E-state index contributed by atoms with van der Waals surface area (Å²) in [5.74, 6) is 2.58. The van der Waals surface area contributed by atoms with Crippen molar-refractivity contribution < 1.29 is 14.1 Å². The van der Waals surface area contributed by atoms with Crippen LogP contribution in [0.3, 0.4) is 0 Å². The summed E-state index contributed by atoms with van der Waals surface area (Å²) < 4.78 is 11.6. The van der Waals surface area contributed by atoms with Crippen LogP contribution in [-0.4, -0.2) is 7.11 Å². The molecule has 4 aromatic carbocycles. The summed E-state index contributed by atoms with van der Waals surface area (Å²) in [6.45, 7) is 8.24. The first-order valence-corrected chi connectivity index (χ1v) is 12.1. The normalized spacial score (nSPS) is 11.6. The van der Waals surface area contributed by atoms with E-state index < -0.39 is 0 Å². The predicted octanol–water partition coefficient (Wildman–Crippen LogP) is 6.40. The van der Waals surface area contributed by atoms with Crippen LogP contribution < -0.4 is 20.4 Å². The van der Waals surface area contributed by atoms with Crippen LogP contribution in [0.5, 0.6) is 5.75 Å². The highest BCUT2D eigenvalue weighted by Crippen LogP contribution is 2.34. The largest absolute Gasteiger partial charge is 0.497 e. The van der Waals surface area contributed by atoms with Crippen molar-refractivity contribution in [1.82, 2.24) is 0 Å². The number of aryl methyl sites for hydroxylation is 4. The Balaban J connectivity index is 1.82. The second kappa shape index (κ2) is 9.74.